The third-order valence-electron chi connectivity index (χ3n) is 15.6. The van der Waals surface area contributed by atoms with Crippen molar-refractivity contribution < 1.29 is 0 Å². The number of piperidine rings is 3. The monoisotopic (exact) mass is 1140 g/mol. The summed E-state index contributed by atoms with van der Waals surface area (Å²) < 4.78 is 0. The molecule has 3 saturated heterocycles. The summed E-state index contributed by atoms with van der Waals surface area (Å²) in [5, 5.41) is 24.2. The normalized spacial score (nSPS) is 17.1. The standard InChI is InChI=1S/2C18H20Cl2N6.C17H20ClN7/c2*1-2-18(21)6-8-26(9-7-18)13-10-22-16-15(24-25-17(16)23-13)11-4-3-5-12(19)14(11)20;1-2-17(19)5-8-25(9-6-17)12-10-21-14-13(23-24-16(14)22-12)11-4-3-7-20-15(11)18/h2*3-5,10H,2,6-9,21H2,1H3,(H,23,24,25);3-4,7,10H,2,5-6,8-9,19H2,1H3,(H,22,23,24). The highest BCUT2D eigenvalue weighted by Gasteiger charge is 2.32. The van der Waals surface area contributed by atoms with Gasteiger partial charge in [0.25, 0.3) is 0 Å². The molecule has 0 radical (unpaired) electrons. The zero-order valence-electron chi connectivity index (χ0n) is 43.0. The van der Waals surface area contributed by atoms with Crippen LogP contribution in [0.25, 0.3) is 67.3 Å². The molecule has 0 saturated carbocycles. The van der Waals surface area contributed by atoms with E-state index in [0.29, 0.717) is 58.7 Å². The van der Waals surface area contributed by atoms with Gasteiger partial charge in [-0.2, -0.15) is 15.3 Å². The molecule has 0 aliphatic carbocycles. The van der Waals surface area contributed by atoms with Gasteiger partial charge in [-0.3, -0.25) is 15.3 Å². The van der Waals surface area contributed by atoms with Crippen LogP contribution in [0.1, 0.15) is 78.6 Å². The Hall–Kier alpha value is -6.03. The maximum absolute atomic E-state index is 6.38. The van der Waals surface area contributed by atoms with E-state index >= 15 is 0 Å². The lowest BCUT2D eigenvalue weighted by atomic mass is 9.86. The van der Waals surface area contributed by atoms with Crippen molar-refractivity contribution in [2.75, 3.05) is 54.0 Å². The van der Waals surface area contributed by atoms with Gasteiger partial charge in [0.05, 0.1) is 55.8 Å². The van der Waals surface area contributed by atoms with Crippen molar-refractivity contribution in [3.63, 3.8) is 0 Å². The molecule has 24 heteroatoms. The van der Waals surface area contributed by atoms with Gasteiger partial charge >= 0.3 is 0 Å². The summed E-state index contributed by atoms with van der Waals surface area (Å²) in [6, 6.07) is 14.7. The van der Waals surface area contributed by atoms with Gasteiger partial charge in [0.1, 0.15) is 39.2 Å². The highest BCUT2D eigenvalue weighted by molar-refractivity contribution is 6.44. The second-order valence-corrected chi connectivity index (χ2v) is 22.1. The number of nitrogens with zero attached hydrogens (tertiary/aromatic N) is 13. The van der Waals surface area contributed by atoms with Gasteiger partial charge in [0, 0.05) is 78.8 Å². The number of pyridine rings is 1. The first-order chi connectivity index (χ1) is 37.1. The van der Waals surface area contributed by atoms with Crippen LogP contribution in [0.2, 0.25) is 25.2 Å². The van der Waals surface area contributed by atoms with Gasteiger partial charge in [-0.15, -0.1) is 0 Å². The lowest BCUT2D eigenvalue weighted by molar-refractivity contribution is 0.322. The van der Waals surface area contributed by atoms with E-state index in [1.807, 2.05) is 36.4 Å². The molecule has 77 heavy (non-hydrogen) atoms. The number of aromatic nitrogens is 13. The summed E-state index contributed by atoms with van der Waals surface area (Å²) in [4.78, 5) is 38.5. The highest BCUT2D eigenvalue weighted by Crippen LogP contribution is 2.38. The van der Waals surface area contributed by atoms with Crippen LogP contribution in [0.3, 0.4) is 0 Å². The van der Waals surface area contributed by atoms with Crippen LogP contribution in [0.5, 0.6) is 0 Å². The van der Waals surface area contributed by atoms with Crippen LogP contribution in [0.4, 0.5) is 17.5 Å². The topological polar surface area (TPSA) is 264 Å². The SMILES string of the molecule is CCC1(N)CCN(c2cnc3c(-c4cccc(Cl)c4Cl)[nH]nc3n2)CC1.CCC1(N)CCN(c2cnc3c(-c4cccc(Cl)c4Cl)[nH]nc3n2)CC1.CCC1(N)CCN(c2cnc3c(-c4cccnc4Cl)[nH]nc3n2)CC1. The van der Waals surface area contributed by atoms with Gasteiger partial charge in [-0.25, -0.2) is 34.9 Å². The number of benzene rings is 2. The van der Waals surface area contributed by atoms with Crippen molar-refractivity contribution in [2.45, 2.75) is 95.2 Å². The zero-order valence-corrected chi connectivity index (χ0v) is 46.8. The minimum atomic E-state index is -0.0587. The first kappa shape index (κ1) is 54.3. The Bertz CT molecular complexity index is 3370. The molecule has 402 valence electrons. The van der Waals surface area contributed by atoms with Gasteiger partial charge in [0.2, 0.25) is 16.9 Å². The Balaban J connectivity index is 0.000000131. The maximum Gasteiger partial charge on any atom is 0.202 e. The predicted octanol–water partition coefficient (Wildman–Crippen LogP) is 10.8. The second kappa shape index (κ2) is 22.7. The summed E-state index contributed by atoms with van der Waals surface area (Å²) in [5.41, 5.74) is 27.2. The van der Waals surface area contributed by atoms with Crippen molar-refractivity contribution in [1.82, 2.24) is 65.5 Å². The number of nitrogens with two attached hydrogens (primary N) is 3. The fraction of sp³-hybridized carbons (Fsp3) is 0.396. The number of H-pyrrole nitrogens is 3. The molecule has 0 bridgehead atoms. The molecule has 19 nitrogen and oxygen atoms in total. The molecule has 0 amide bonds. The lowest BCUT2D eigenvalue weighted by Gasteiger charge is -2.39. The molecule has 7 aromatic heterocycles. The fourth-order valence-corrected chi connectivity index (χ4v) is 11.0. The van der Waals surface area contributed by atoms with Crippen LogP contribution in [0.15, 0.2) is 73.3 Å². The number of aromatic amines is 3. The van der Waals surface area contributed by atoms with Crippen molar-refractivity contribution in [3.05, 3.63) is 98.6 Å². The minimum absolute atomic E-state index is 0.0510. The average Bonchev–Trinajstić information content (AvgIpc) is 4.21. The first-order valence-corrected chi connectivity index (χ1v) is 27.7. The van der Waals surface area contributed by atoms with Crippen LogP contribution in [-0.4, -0.2) is 121 Å². The van der Waals surface area contributed by atoms with E-state index in [-0.39, 0.29) is 16.6 Å². The average molecular weight is 1140 g/mol. The molecule has 0 atom stereocenters. The molecule has 3 aliphatic rings. The lowest BCUT2D eigenvalue weighted by Crippen LogP contribution is -2.50. The van der Waals surface area contributed by atoms with Crippen molar-refractivity contribution in [2.24, 2.45) is 17.2 Å². The van der Waals surface area contributed by atoms with Gasteiger partial charge in [-0.1, -0.05) is 103 Å². The van der Waals surface area contributed by atoms with E-state index in [4.69, 9.17) is 75.2 Å². The molecule has 3 aliphatic heterocycles. The summed E-state index contributed by atoms with van der Waals surface area (Å²) >= 11 is 31.1. The maximum atomic E-state index is 6.38. The zero-order chi connectivity index (χ0) is 54.1. The second-order valence-electron chi connectivity index (χ2n) is 20.2. The third-order valence-corrected chi connectivity index (χ3v) is 17.5. The largest absolute Gasteiger partial charge is 0.355 e. The number of anilines is 3. The molecule has 9 aromatic rings. The predicted molar refractivity (Wildman–Crippen MR) is 310 cm³/mol. The number of fused-ring (bicyclic) bond motifs is 3. The van der Waals surface area contributed by atoms with Crippen LogP contribution < -0.4 is 31.9 Å². The number of hydrogen-bond donors (Lipinski definition) is 6. The molecule has 9 N–H and O–H groups in total. The fourth-order valence-electron chi connectivity index (χ4n) is 9.95. The van der Waals surface area contributed by atoms with E-state index in [0.717, 1.165) is 148 Å². The van der Waals surface area contributed by atoms with E-state index in [2.05, 4.69) is 101 Å². The van der Waals surface area contributed by atoms with E-state index in [1.165, 1.54) is 0 Å². The van der Waals surface area contributed by atoms with Crippen molar-refractivity contribution >= 4 is 109 Å². The van der Waals surface area contributed by atoms with Crippen molar-refractivity contribution in [3.8, 4) is 33.8 Å². The number of halogens is 5. The first-order valence-electron chi connectivity index (χ1n) is 25.9. The smallest absolute Gasteiger partial charge is 0.202 e. The van der Waals surface area contributed by atoms with E-state index in [9.17, 15) is 0 Å². The third kappa shape index (κ3) is 11.5. The van der Waals surface area contributed by atoms with Gasteiger partial charge < -0.3 is 31.9 Å². The Morgan fingerprint density at radius 3 is 1.10 bits per heavy atom. The van der Waals surface area contributed by atoms with E-state index < -0.39 is 0 Å². The minimum Gasteiger partial charge on any atom is -0.355 e. The molecular formula is C53H60Cl5N19. The number of nitrogens with one attached hydrogen (secondary N) is 3. The summed E-state index contributed by atoms with van der Waals surface area (Å²) in [6.45, 7) is 11.7. The molecule has 12 rings (SSSR count). The molecule has 2 aromatic carbocycles. The van der Waals surface area contributed by atoms with Crippen LogP contribution in [0, 0.1) is 0 Å². The van der Waals surface area contributed by atoms with Crippen molar-refractivity contribution in [1.29, 1.82) is 0 Å². The Morgan fingerprint density at radius 2 is 0.779 bits per heavy atom. The molecule has 10 heterocycles. The summed E-state index contributed by atoms with van der Waals surface area (Å²) in [7, 11) is 0. The molecule has 3 fully saturated rings. The summed E-state index contributed by atoms with van der Waals surface area (Å²) in [5.74, 6) is 2.48. The van der Waals surface area contributed by atoms with Crippen LogP contribution in [-0.2, 0) is 0 Å². The van der Waals surface area contributed by atoms with Gasteiger partial charge in [-0.05, 0) is 82.1 Å². The van der Waals surface area contributed by atoms with Crippen LogP contribution >= 0.6 is 58.0 Å². The van der Waals surface area contributed by atoms with Gasteiger partial charge in [0.15, 0.2) is 0 Å². The number of hydrogen-bond acceptors (Lipinski definition) is 16. The quantitative estimate of drug-likeness (QED) is 0.0734. The van der Waals surface area contributed by atoms with E-state index in [1.54, 1.807) is 36.9 Å². The Labute approximate surface area is 470 Å². The molecular weight excluding hydrogens is 1080 g/mol. The molecule has 0 spiro atoms. The Kier molecular flexibility index (Phi) is 16.0. The number of rotatable bonds is 9. The highest BCUT2D eigenvalue weighted by atomic mass is 35.5. The summed E-state index contributed by atoms with van der Waals surface area (Å²) in [6.07, 6.45) is 15.7. The Morgan fingerprint density at radius 1 is 0.455 bits per heavy atom. The molecule has 0 unspecified atom stereocenters.